The van der Waals surface area contributed by atoms with Gasteiger partial charge in [-0.05, 0) is 74.1 Å². The maximum Gasteiger partial charge on any atom is 0.404 e. The Bertz CT molecular complexity index is 1500. The number of urea groups is 1. The molecule has 2 amide bonds. The van der Waals surface area contributed by atoms with Crippen molar-refractivity contribution in [2.24, 2.45) is 17.8 Å². The van der Waals surface area contributed by atoms with Crippen LogP contribution in [0.5, 0.6) is 0 Å². The van der Waals surface area contributed by atoms with Crippen molar-refractivity contribution >= 4 is 38.9 Å². The molecule has 5 atom stereocenters. The van der Waals surface area contributed by atoms with E-state index >= 15 is 0 Å². The quantitative estimate of drug-likeness (QED) is 0.517. The highest BCUT2D eigenvalue weighted by molar-refractivity contribution is 7.89. The molecule has 0 radical (unpaired) electrons. The Labute approximate surface area is 254 Å². The minimum atomic E-state index is -4.78. The fraction of sp³-hybridized carbons (Fsp3) is 0.600. The topological polar surface area (TPSA) is 109 Å². The summed E-state index contributed by atoms with van der Waals surface area (Å²) in [5, 5.41) is 14.3. The van der Waals surface area contributed by atoms with Crippen LogP contribution in [0.3, 0.4) is 0 Å². The van der Waals surface area contributed by atoms with Crippen LogP contribution < -0.4 is 20.0 Å². The van der Waals surface area contributed by atoms with Gasteiger partial charge in [0.2, 0.25) is 10.0 Å². The lowest BCUT2D eigenvalue weighted by Gasteiger charge is -2.58. The molecule has 6 aliphatic rings. The predicted molar refractivity (Wildman–Crippen MR) is 159 cm³/mol. The zero-order valence-corrected chi connectivity index (χ0v) is 25.1. The second kappa shape index (κ2) is 10.8. The summed E-state index contributed by atoms with van der Waals surface area (Å²) >= 11 is 0. The summed E-state index contributed by atoms with van der Waals surface area (Å²) in [4.78, 5) is 24.1. The Morgan fingerprint density at radius 2 is 1.64 bits per heavy atom. The number of aromatic nitrogens is 1. The molecule has 14 heteroatoms. The maximum atomic E-state index is 13.7. The third-order valence-electron chi connectivity index (χ3n) is 10.1. The van der Waals surface area contributed by atoms with Gasteiger partial charge in [-0.15, -0.1) is 0 Å². The van der Waals surface area contributed by atoms with E-state index in [0.717, 1.165) is 53.5 Å². The molecular formula is C30H37F3N6O4S. The summed E-state index contributed by atoms with van der Waals surface area (Å²) in [7, 11) is -4.41. The minimum absolute atomic E-state index is 0.0264. The number of nitrogens with one attached hydrogen (secondary N) is 1. The summed E-state index contributed by atoms with van der Waals surface area (Å²) in [6.07, 6.45) is 1.50. The van der Waals surface area contributed by atoms with Crippen LogP contribution >= 0.6 is 0 Å². The standard InChI is InChI=1S/C30H37F3N6O4S/c31-30(32,33)19-44(42,43)37-9-7-36(8-10-37)23-5-6-26(34-18-23)38-11-12-39(25-4-2-1-3-24(25)38)28(40)35-27-21-13-20-14-22(27)17-29(41,15-20)16-21/h1-6,18,20-22,27,41H,7-17,19H2,(H,35,40)/t20?,21-,22+,27?,29?. The number of aliphatic hydroxyl groups is 1. The van der Waals surface area contributed by atoms with E-state index in [1.165, 1.54) is 0 Å². The lowest BCUT2D eigenvalue weighted by Crippen LogP contribution is -2.63. The number of sulfonamides is 1. The van der Waals surface area contributed by atoms with Crippen molar-refractivity contribution in [2.75, 3.05) is 59.7 Å². The van der Waals surface area contributed by atoms with E-state index in [0.29, 0.717) is 36.7 Å². The van der Waals surface area contributed by atoms with Gasteiger partial charge in [-0.3, -0.25) is 4.90 Å². The Balaban J connectivity index is 1.01. The molecule has 3 unspecified atom stereocenters. The van der Waals surface area contributed by atoms with E-state index in [9.17, 15) is 31.5 Å². The van der Waals surface area contributed by atoms with Gasteiger partial charge < -0.3 is 20.2 Å². The van der Waals surface area contributed by atoms with Gasteiger partial charge in [0, 0.05) is 45.3 Å². The number of nitrogens with zero attached hydrogens (tertiary/aromatic N) is 5. The summed E-state index contributed by atoms with van der Waals surface area (Å²) in [5.41, 5.74) is 1.86. The fourth-order valence-corrected chi connectivity index (χ4v) is 9.81. The molecule has 4 bridgehead atoms. The van der Waals surface area contributed by atoms with E-state index in [2.05, 4.69) is 15.2 Å². The Kier molecular flexibility index (Phi) is 7.24. The Morgan fingerprint density at radius 1 is 0.955 bits per heavy atom. The van der Waals surface area contributed by atoms with Crippen LogP contribution in [0.15, 0.2) is 42.6 Å². The van der Waals surface area contributed by atoms with Crippen LogP contribution in [0.25, 0.3) is 0 Å². The van der Waals surface area contributed by atoms with Crippen LogP contribution in [0, 0.1) is 17.8 Å². The van der Waals surface area contributed by atoms with Crippen molar-refractivity contribution in [3.63, 3.8) is 0 Å². The maximum absolute atomic E-state index is 13.7. The van der Waals surface area contributed by atoms with Gasteiger partial charge in [0.15, 0.2) is 5.75 Å². The van der Waals surface area contributed by atoms with E-state index < -0.39 is 27.6 Å². The van der Waals surface area contributed by atoms with Gasteiger partial charge in [-0.2, -0.15) is 17.5 Å². The van der Waals surface area contributed by atoms with Crippen LogP contribution in [0.2, 0.25) is 0 Å². The number of hydrogen-bond donors (Lipinski definition) is 2. The number of fused-ring (bicyclic) bond motifs is 1. The second-order valence-corrected chi connectivity index (χ2v) is 15.1. The molecule has 5 fully saturated rings. The molecule has 8 rings (SSSR count). The summed E-state index contributed by atoms with van der Waals surface area (Å²) in [5.74, 6) is 0.0576. The molecule has 2 aliphatic heterocycles. The van der Waals surface area contributed by atoms with Crippen LogP contribution in [-0.2, 0) is 10.0 Å². The van der Waals surface area contributed by atoms with Gasteiger partial charge in [0.1, 0.15) is 5.82 Å². The van der Waals surface area contributed by atoms with Gasteiger partial charge in [-0.1, -0.05) is 12.1 Å². The smallest absolute Gasteiger partial charge is 0.390 e. The van der Waals surface area contributed by atoms with Crippen molar-refractivity contribution in [1.82, 2.24) is 14.6 Å². The lowest BCUT2D eigenvalue weighted by atomic mass is 9.52. The molecule has 44 heavy (non-hydrogen) atoms. The van der Waals surface area contributed by atoms with Crippen molar-refractivity contribution in [3.8, 4) is 0 Å². The highest BCUT2D eigenvalue weighted by atomic mass is 32.2. The number of carbonyl (C=O) groups excluding carboxylic acids is 1. The number of hydrogen-bond acceptors (Lipinski definition) is 7. The number of carbonyl (C=O) groups is 1. The van der Waals surface area contributed by atoms with Crippen molar-refractivity contribution in [3.05, 3.63) is 42.6 Å². The number of rotatable bonds is 5. The highest BCUT2D eigenvalue weighted by Gasteiger charge is 2.55. The van der Waals surface area contributed by atoms with E-state index in [1.54, 1.807) is 11.1 Å². The molecule has 10 nitrogen and oxygen atoms in total. The second-order valence-electron chi connectivity index (χ2n) is 13.1. The van der Waals surface area contributed by atoms with Gasteiger partial charge in [-0.25, -0.2) is 18.2 Å². The molecule has 4 saturated carbocycles. The number of pyridine rings is 1. The third kappa shape index (κ3) is 5.60. The first-order valence-electron chi connectivity index (χ1n) is 15.3. The molecule has 1 aromatic heterocycles. The molecule has 1 aromatic carbocycles. The van der Waals surface area contributed by atoms with Crippen molar-refractivity contribution in [1.29, 1.82) is 0 Å². The number of para-hydroxylation sites is 2. The number of alkyl halides is 3. The van der Waals surface area contributed by atoms with E-state index in [1.807, 2.05) is 41.3 Å². The molecular weight excluding hydrogens is 597 g/mol. The first-order chi connectivity index (χ1) is 20.9. The molecule has 238 valence electrons. The number of benzene rings is 1. The van der Waals surface area contributed by atoms with Gasteiger partial charge in [0.25, 0.3) is 0 Å². The number of piperazine rings is 1. The normalized spacial score (nSPS) is 30.4. The average Bonchev–Trinajstić information content (AvgIpc) is 2.96. The van der Waals surface area contributed by atoms with Crippen LogP contribution in [0.4, 0.5) is 40.8 Å². The van der Waals surface area contributed by atoms with Crippen LogP contribution in [-0.4, -0.2) is 91.7 Å². The number of halogens is 3. The molecule has 3 heterocycles. The van der Waals surface area contributed by atoms with Crippen molar-refractivity contribution in [2.45, 2.75) is 49.9 Å². The predicted octanol–water partition coefficient (Wildman–Crippen LogP) is 3.70. The number of anilines is 4. The summed E-state index contributed by atoms with van der Waals surface area (Å²) in [6, 6.07) is 11.5. The highest BCUT2D eigenvalue weighted by Crippen LogP contribution is 2.55. The molecule has 2 aromatic rings. The van der Waals surface area contributed by atoms with Gasteiger partial charge in [0.05, 0.1) is 28.9 Å². The SMILES string of the molecule is O=C(NC1[C@@H]2CC3C[C@H]1CC(O)(C3)C2)N1CCN(c2ccc(N3CCN(S(=O)(=O)CC(F)(F)F)CC3)cn2)c2ccccc21. The zero-order chi connectivity index (χ0) is 30.9. The average molecular weight is 635 g/mol. The molecule has 2 N–H and O–H groups in total. The van der Waals surface area contributed by atoms with Gasteiger partial charge >= 0.3 is 12.2 Å². The summed E-state index contributed by atoms with van der Waals surface area (Å²) in [6.45, 7) is 1.47. The van der Waals surface area contributed by atoms with E-state index in [4.69, 9.17) is 0 Å². The zero-order valence-electron chi connectivity index (χ0n) is 24.3. The first kappa shape index (κ1) is 29.6. The van der Waals surface area contributed by atoms with Crippen molar-refractivity contribution < 1.29 is 31.5 Å². The lowest BCUT2D eigenvalue weighted by molar-refractivity contribution is -0.136. The Hall–Kier alpha value is -3.10. The monoisotopic (exact) mass is 634 g/mol. The largest absolute Gasteiger partial charge is 0.404 e. The fourth-order valence-electron chi connectivity index (χ4n) is 8.50. The summed E-state index contributed by atoms with van der Waals surface area (Å²) < 4.78 is 63.3. The number of amides is 2. The first-order valence-corrected chi connectivity index (χ1v) is 16.9. The molecule has 4 aliphatic carbocycles. The molecule has 1 saturated heterocycles. The van der Waals surface area contributed by atoms with Crippen LogP contribution in [0.1, 0.15) is 32.1 Å². The Morgan fingerprint density at radius 3 is 2.25 bits per heavy atom. The third-order valence-corrected chi connectivity index (χ3v) is 12.0. The minimum Gasteiger partial charge on any atom is -0.390 e. The molecule has 0 spiro atoms. The van der Waals surface area contributed by atoms with E-state index in [-0.39, 0.29) is 38.3 Å².